The monoisotopic (exact) mass is 506 g/mol. The first-order valence-electron chi connectivity index (χ1n) is 11.8. The molecule has 0 bridgehead atoms. The predicted octanol–water partition coefficient (Wildman–Crippen LogP) is 4.00. The smallest absolute Gasteiger partial charge is 0.410 e. The van der Waals surface area contributed by atoms with E-state index in [1.165, 1.54) is 7.11 Å². The molecule has 2 amide bonds. The van der Waals surface area contributed by atoms with Crippen LogP contribution in [-0.4, -0.2) is 83.6 Å². The van der Waals surface area contributed by atoms with Gasteiger partial charge in [-0.25, -0.2) is 4.79 Å². The van der Waals surface area contributed by atoms with Gasteiger partial charge in [-0.3, -0.25) is 14.4 Å². The number of likely N-dealkylation sites (tertiary alicyclic amines) is 2. The molecule has 192 valence electrons. The molecule has 2 fully saturated rings. The van der Waals surface area contributed by atoms with Crippen LogP contribution in [0.5, 0.6) is 5.75 Å². The molecule has 0 aliphatic carbocycles. The Balaban J connectivity index is 1.57. The SMILES string of the molecule is CCOC(=O)C(SC(=O)N1CC2(CCN(C(=O)OC(C)(C)C)CC2)C1)C(=O)c1ccc(OC)cc1. The summed E-state index contributed by atoms with van der Waals surface area (Å²) in [6.45, 7) is 9.51. The third-order valence-electron chi connectivity index (χ3n) is 6.12. The molecular weight excluding hydrogens is 472 g/mol. The Labute approximate surface area is 210 Å². The number of carbonyl (C=O) groups is 4. The lowest BCUT2D eigenvalue weighted by atomic mass is 9.72. The van der Waals surface area contributed by atoms with Gasteiger partial charge in [-0.05, 0) is 76.6 Å². The number of Topliss-reactive ketones (excluding diaryl/α,β-unsaturated/α-hetero) is 1. The van der Waals surface area contributed by atoms with Gasteiger partial charge in [0.2, 0.25) is 0 Å². The molecule has 2 heterocycles. The number of amides is 2. The second-order valence-electron chi connectivity index (χ2n) is 9.93. The van der Waals surface area contributed by atoms with E-state index in [0.29, 0.717) is 49.3 Å². The molecule has 2 saturated heterocycles. The normalized spacial score (nSPS) is 17.9. The maximum Gasteiger partial charge on any atom is 0.410 e. The maximum absolute atomic E-state index is 13.0. The van der Waals surface area contributed by atoms with Crippen molar-refractivity contribution in [3.63, 3.8) is 0 Å². The maximum atomic E-state index is 13.0. The van der Waals surface area contributed by atoms with Crippen molar-refractivity contribution in [3.8, 4) is 5.75 Å². The number of benzene rings is 1. The summed E-state index contributed by atoms with van der Waals surface area (Å²) < 4.78 is 15.6. The van der Waals surface area contributed by atoms with Crippen molar-refractivity contribution in [2.24, 2.45) is 5.41 Å². The second-order valence-corrected chi connectivity index (χ2v) is 11.0. The molecule has 1 atom stereocenters. The van der Waals surface area contributed by atoms with Crippen molar-refractivity contribution in [1.82, 2.24) is 9.80 Å². The van der Waals surface area contributed by atoms with E-state index in [-0.39, 0.29) is 23.4 Å². The van der Waals surface area contributed by atoms with Crippen LogP contribution in [0.25, 0.3) is 0 Å². The zero-order valence-corrected chi connectivity index (χ0v) is 21.8. The van der Waals surface area contributed by atoms with Crippen LogP contribution in [0.2, 0.25) is 0 Å². The number of ether oxygens (including phenoxy) is 3. The first-order valence-corrected chi connectivity index (χ1v) is 12.6. The summed E-state index contributed by atoms with van der Waals surface area (Å²) in [5.74, 6) is -0.625. The summed E-state index contributed by atoms with van der Waals surface area (Å²) >= 11 is 0.696. The molecule has 0 aromatic heterocycles. The number of ketones is 1. The minimum atomic E-state index is -1.28. The topological polar surface area (TPSA) is 102 Å². The van der Waals surface area contributed by atoms with Gasteiger partial charge in [-0.15, -0.1) is 0 Å². The predicted molar refractivity (Wildman–Crippen MR) is 132 cm³/mol. The fourth-order valence-corrected chi connectivity index (χ4v) is 5.09. The molecule has 2 aliphatic heterocycles. The molecule has 1 aromatic carbocycles. The number of hydrogen-bond donors (Lipinski definition) is 0. The number of thioether (sulfide) groups is 1. The number of piperidine rings is 1. The summed E-state index contributed by atoms with van der Waals surface area (Å²) in [5, 5.41) is -1.61. The number of methoxy groups -OCH3 is 1. The van der Waals surface area contributed by atoms with E-state index < -0.39 is 22.6 Å². The van der Waals surface area contributed by atoms with E-state index in [1.807, 2.05) is 20.8 Å². The van der Waals surface area contributed by atoms with E-state index in [1.54, 1.807) is 41.0 Å². The Kier molecular flexibility index (Phi) is 8.35. The van der Waals surface area contributed by atoms with Crippen LogP contribution in [0.3, 0.4) is 0 Å². The summed E-state index contributed by atoms with van der Waals surface area (Å²) in [5.41, 5.74) is -0.283. The third kappa shape index (κ3) is 6.68. The van der Waals surface area contributed by atoms with Gasteiger partial charge < -0.3 is 24.0 Å². The van der Waals surface area contributed by atoms with Crippen LogP contribution in [0, 0.1) is 5.41 Å². The number of rotatable bonds is 6. The number of esters is 1. The Morgan fingerprint density at radius 3 is 2.14 bits per heavy atom. The van der Waals surface area contributed by atoms with Crippen LogP contribution in [0.1, 0.15) is 50.9 Å². The van der Waals surface area contributed by atoms with Crippen molar-refractivity contribution < 1.29 is 33.4 Å². The highest BCUT2D eigenvalue weighted by molar-refractivity contribution is 8.15. The van der Waals surface area contributed by atoms with Crippen LogP contribution >= 0.6 is 11.8 Å². The summed E-state index contributed by atoms with van der Waals surface area (Å²) in [6, 6.07) is 6.39. The average molecular weight is 507 g/mol. The zero-order valence-electron chi connectivity index (χ0n) is 21.0. The lowest BCUT2D eigenvalue weighted by Gasteiger charge is -2.53. The first-order chi connectivity index (χ1) is 16.5. The highest BCUT2D eigenvalue weighted by atomic mass is 32.2. The highest BCUT2D eigenvalue weighted by Crippen LogP contribution is 2.42. The van der Waals surface area contributed by atoms with E-state index in [2.05, 4.69) is 0 Å². The van der Waals surface area contributed by atoms with Gasteiger partial charge in [0, 0.05) is 37.2 Å². The van der Waals surface area contributed by atoms with Crippen molar-refractivity contribution in [3.05, 3.63) is 29.8 Å². The summed E-state index contributed by atoms with van der Waals surface area (Å²) in [6.07, 6.45) is 1.23. The van der Waals surface area contributed by atoms with Gasteiger partial charge in [0.05, 0.1) is 13.7 Å². The quantitative estimate of drug-likeness (QED) is 0.324. The molecular formula is C25H34N2O7S. The van der Waals surface area contributed by atoms with Gasteiger partial charge in [-0.2, -0.15) is 0 Å². The minimum absolute atomic E-state index is 0.0475. The second kappa shape index (κ2) is 10.9. The van der Waals surface area contributed by atoms with Crippen molar-refractivity contribution in [1.29, 1.82) is 0 Å². The standard InChI is InChI=1S/C25H34N2O7S/c1-6-33-21(29)20(19(28)17-7-9-18(32-5)10-8-17)35-23(31)27-15-25(16-27)11-13-26(14-12-25)22(30)34-24(2,3)4/h7-10,20H,6,11-16H2,1-5H3. The fraction of sp³-hybridized carbons (Fsp3) is 0.600. The summed E-state index contributed by atoms with van der Waals surface area (Å²) in [7, 11) is 1.52. The van der Waals surface area contributed by atoms with Crippen LogP contribution in [0.4, 0.5) is 9.59 Å². The Bertz CT molecular complexity index is 942. The zero-order chi connectivity index (χ0) is 25.8. The van der Waals surface area contributed by atoms with E-state index in [0.717, 1.165) is 12.8 Å². The van der Waals surface area contributed by atoms with Gasteiger partial charge in [0.1, 0.15) is 11.4 Å². The minimum Gasteiger partial charge on any atom is -0.497 e. The van der Waals surface area contributed by atoms with Gasteiger partial charge in [0.15, 0.2) is 11.0 Å². The highest BCUT2D eigenvalue weighted by Gasteiger charge is 2.48. The van der Waals surface area contributed by atoms with Crippen LogP contribution in [-0.2, 0) is 14.3 Å². The number of carbonyl (C=O) groups excluding carboxylic acids is 4. The van der Waals surface area contributed by atoms with Crippen molar-refractivity contribution >= 4 is 34.8 Å². The van der Waals surface area contributed by atoms with Crippen molar-refractivity contribution in [2.75, 3.05) is 39.9 Å². The molecule has 0 N–H and O–H groups in total. The molecule has 9 nitrogen and oxygen atoms in total. The molecule has 1 spiro atoms. The van der Waals surface area contributed by atoms with Gasteiger partial charge in [0.25, 0.3) is 5.24 Å². The molecule has 1 unspecified atom stereocenters. The van der Waals surface area contributed by atoms with Crippen LogP contribution in [0.15, 0.2) is 24.3 Å². The van der Waals surface area contributed by atoms with E-state index >= 15 is 0 Å². The lowest BCUT2D eigenvalue weighted by Crippen LogP contribution is -2.62. The first kappa shape index (κ1) is 26.8. The molecule has 1 aromatic rings. The molecule has 35 heavy (non-hydrogen) atoms. The Hall–Kier alpha value is -2.75. The number of hydrogen-bond acceptors (Lipinski definition) is 8. The molecule has 3 rings (SSSR count). The average Bonchev–Trinajstić information content (AvgIpc) is 2.79. The molecule has 2 aliphatic rings. The summed E-state index contributed by atoms with van der Waals surface area (Å²) in [4.78, 5) is 54.2. The third-order valence-corrected chi connectivity index (χ3v) is 7.22. The van der Waals surface area contributed by atoms with Gasteiger partial charge in [-0.1, -0.05) is 0 Å². The van der Waals surface area contributed by atoms with E-state index in [4.69, 9.17) is 14.2 Å². The molecule has 0 saturated carbocycles. The van der Waals surface area contributed by atoms with E-state index in [9.17, 15) is 19.2 Å². The Morgan fingerprint density at radius 2 is 1.63 bits per heavy atom. The fourth-order valence-electron chi connectivity index (χ4n) is 4.21. The molecule has 10 heteroatoms. The van der Waals surface area contributed by atoms with Crippen molar-refractivity contribution in [2.45, 2.75) is 51.4 Å². The largest absolute Gasteiger partial charge is 0.497 e. The van der Waals surface area contributed by atoms with Crippen LogP contribution < -0.4 is 4.74 Å². The lowest BCUT2D eigenvalue weighted by molar-refractivity contribution is -0.141. The van der Waals surface area contributed by atoms with Gasteiger partial charge >= 0.3 is 12.1 Å². The molecule has 0 radical (unpaired) electrons. The Morgan fingerprint density at radius 1 is 1.03 bits per heavy atom. The number of nitrogens with zero attached hydrogens (tertiary/aromatic N) is 2.